The molecule has 2 aliphatic heterocycles. The molecule has 0 aromatic rings. The van der Waals surface area contributed by atoms with Gasteiger partial charge in [-0.2, -0.15) is 5.26 Å². The van der Waals surface area contributed by atoms with Crippen molar-refractivity contribution in [2.75, 3.05) is 19.8 Å². The van der Waals surface area contributed by atoms with Gasteiger partial charge < -0.3 is 14.4 Å². The minimum atomic E-state index is -1.01. The van der Waals surface area contributed by atoms with E-state index >= 15 is 0 Å². The fourth-order valence-electron chi connectivity index (χ4n) is 3.64. The molecule has 98 valence electrons. The van der Waals surface area contributed by atoms with Crippen LogP contribution >= 0.6 is 0 Å². The molecular weight excluding hydrogens is 232 g/mol. The fourth-order valence-corrected chi connectivity index (χ4v) is 3.64. The van der Waals surface area contributed by atoms with Crippen LogP contribution in [-0.4, -0.2) is 42.4 Å². The van der Waals surface area contributed by atoms with Gasteiger partial charge in [0.15, 0.2) is 0 Å². The average molecular weight is 250 g/mol. The van der Waals surface area contributed by atoms with Gasteiger partial charge in [-0.05, 0) is 12.8 Å². The zero-order valence-corrected chi connectivity index (χ0v) is 10.4. The third-order valence-corrected chi connectivity index (χ3v) is 4.36. The van der Waals surface area contributed by atoms with Gasteiger partial charge in [0.1, 0.15) is 0 Å². The van der Waals surface area contributed by atoms with Crippen molar-refractivity contribution in [3.8, 4) is 6.07 Å². The molecule has 2 unspecified atom stereocenters. The lowest BCUT2D eigenvalue weighted by atomic mass is 9.82. The Balaban J connectivity index is 1.88. The van der Waals surface area contributed by atoms with Gasteiger partial charge in [-0.25, -0.2) is 0 Å². The third kappa shape index (κ3) is 1.56. The molecule has 18 heavy (non-hydrogen) atoms. The molecule has 0 bridgehead atoms. The zero-order chi connectivity index (χ0) is 12.6. The van der Waals surface area contributed by atoms with Gasteiger partial charge in [-0.15, -0.1) is 0 Å². The fraction of sp³-hybridized carbons (Fsp3) is 0.846. The molecular formula is C13H18N2O3. The van der Waals surface area contributed by atoms with E-state index in [1.54, 1.807) is 0 Å². The lowest BCUT2D eigenvalue weighted by molar-refractivity contribution is -0.194. The van der Waals surface area contributed by atoms with Crippen LogP contribution < -0.4 is 0 Å². The van der Waals surface area contributed by atoms with Gasteiger partial charge in [0.05, 0.1) is 25.7 Å². The molecule has 0 N–H and O–H groups in total. The number of ether oxygens (including phenoxy) is 2. The van der Waals surface area contributed by atoms with E-state index in [0.29, 0.717) is 26.2 Å². The summed E-state index contributed by atoms with van der Waals surface area (Å²) in [5.41, 5.74) is 0. The first kappa shape index (κ1) is 11.9. The minimum absolute atomic E-state index is 0.0489. The Hall–Kier alpha value is -1.12. The van der Waals surface area contributed by atoms with Crippen molar-refractivity contribution >= 4 is 5.91 Å². The molecule has 1 spiro atoms. The lowest BCUT2D eigenvalue weighted by Gasteiger charge is -2.32. The number of nitriles is 1. The van der Waals surface area contributed by atoms with Crippen molar-refractivity contribution in [1.29, 1.82) is 5.26 Å². The second kappa shape index (κ2) is 4.52. The maximum atomic E-state index is 12.6. The normalized spacial score (nSPS) is 33.7. The number of hydrogen-bond donors (Lipinski definition) is 0. The first-order valence-corrected chi connectivity index (χ1v) is 6.75. The number of amides is 1. The lowest BCUT2D eigenvalue weighted by Crippen LogP contribution is -2.44. The molecule has 1 amide bonds. The number of hydrogen-bond acceptors (Lipinski definition) is 4. The van der Waals surface area contributed by atoms with Crippen LogP contribution in [0.5, 0.6) is 0 Å². The van der Waals surface area contributed by atoms with Crippen LogP contribution in [0.3, 0.4) is 0 Å². The summed E-state index contributed by atoms with van der Waals surface area (Å²) >= 11 is 0. The van der Waals surface area contributed by atoms with E-state index in [2.05, 4.69) is 6.07 Å². The summed E-state index contributed by atoms with van der Waals surface area (Å²) < 4.78 is 11.4. The molecule has 3 rings (SSSR count). The van der Waals surface area contributed by atoms with Crippen LogP contribution in [-0.2, 0) is 14.3 Å². The van der Waals surface area contributed by atoms with E-state index in [0.717, 1.165) is 25.7 Å². The summed E-state index contributed by atoms with van der Waals surface area (Å²) in [5.74, 6) is -0.910. The predicted molar refractivity (Wildman–Crippen MR) is 62.3 cm³/mol. The van der Waals surface area contributed by atoms with Crippen LogP contribution in [0.1, 0.15) is 32.1 Å². The maximum absolute atomic E-state index is 12.6. The Labute approximate surface area is 107 Å². The topological polar surface area (TPSA) is 62.6 Å². The van der Waals surface area contributed by atoms with Crippen molar-refractivity contribution in [1.82, 2.24) is 4.90 Å². The van der Waals surface area contributed by atoms with Crippen molar-refractivity contribution in [2.45, 2.75) is 43.9 Å². The number of nitrogens with zero attached hydrogens (tertiary/aromatic N) is 2. The number of carbonyl (C=O) groups is 1. The van der Waals surface area contributed by atoms with E-state index < -0.39 is 5.79 Å². The van der Waals surface area contributed by atoms with Crippen LogP contribution in [0.2, 0.25) is 0 Å². The second-order valence-corrected chi connectivity index (χ2v) is 5.23. The van der Waals surface area contributed by atoms with Gasteiger partial charge in [-0.1, -0.05) is 12.8 Å². The van der Waals surface area contributed by atoms with Crippen LogP contribution in [0, 0.1) is 17.2 Å². The number of carbonyl (C=O) groups excluding carboxylic acids is 1. The average Bonchev–Trinajstić information content (AvgIpc) is 2.97. The van der Waals surface area contributed by atoms with E-state index in [9.17, 15) is 4.79 Å². The van der Waals surface area contributed by atoms with E-state index in [-0.39, 0.29) is 17.9 Å². The van der Waals surface area contributed by atoms with E-state index in [1.165, 1.54) is 0 Å². The Bertz CT molecular complexity index is 384. The molecule has 2 atom stereocenters. The molecule has 2 heterocycles. The van der Waals surface area contributed by atoms with E-state index in [1.807, 2.05) is 4.90 Å². The number of fused-ring (bicyclic) bond motifs is 2. The molecule has 5 nitrogen and oxygen atoms in total. The highest BCUT2D eigenvalue weighted by molar-refractivity contribution is 5.87. The van der Waals surface area contributed by atoms with Gasteiger partial charge in [0.25, 0.3) is 11.7 Å². The summed E-state index contributed by atoms with van der Waals surface area (Å²) in [7, 11) is 0. The quantitative estimate of drug-likeness (QED) is 0.734. The highest BCUT2D eigenvalue weighted by Gasteiger charge is 2.63. The van der Waals surface area contributed by atoms with Crippen LogP contribution in [0.4, 0.5) is 0 Å². The summed E-state index contributed by atoms with van der Waals surface area (Å²) in [5, 5.41) is 8.72. The molecule has 1 saturated carbocycles. The van der Waals surface area contributed by atoms with E-state index in [4.69, 9.17) is 14.7 Å². The summed E-state index contributed by atoms with van der Waals surface area (Å²) in [6, 6.07) is 2.32. The molecule has 3 aliphatic rings. The highest BCUT2D eigenvalue weighted by atomic mass is 16.7. The van der Waals surface area contributed by atoms with Gasteiger partial charge in [0.2, 0.25) is 0 Å². The minimum Gasteiger partial charge on any atom is -0.339 e. The van der Waals surface area contributed by atoms with Crippen molar-refractivity contribution in [3.63, 3.8) is 0 Å². The molecule has 5 heteroatoms. The smallest absolute Gasteiger partial charge is 0.283 e. The third-order valence-electron chi connectivity index (χ3n) is 4.36. The highest BCUT2D eigenvalue weighted by Crippen LogP contribution is 2.47. The van der Waals surface area contributed by atoms with Crippen molar-refractivity contribution < 1.29 is 14.3 Å². The summed E-state index contributed by atoms with van der Waals surface area (Å²) in [6.07, 6.45) is 4.66. The Morgan fingerprint density at radius 3 is 2.78 bits per heavy atom. The standard InChI is InChI=1S/C13H18N2O3/c14-6-3-7-15-11-5-2-1-4-10(11)13(12(15)16)17-8-9-18-13/h10-11H,1-5,7-9H2. The predicted octanol–water partition coefficient (Wildman–Crippen LogP) is 1.04. The summed E-state index contributed by atoms with van der Waals surface area (Å²) in [4.78, 5) is 14.4. The maximum Gasteiger partial charge on any atom is 0.283 e. The molecule has 3 fully saturated rings. The monoisotopic (exact) mass is 250 g/mol. The van der Waals surface area contributed by atoms with Crippen molar-refractivity contribution in [3.05, 3.63) is 0 Å². The first-order chi connectivity index (χ1) is 8.79. The number of rotatable bonds is 2. The Kier molecular flexibility index (Phi) is 3.00. The Morgan fingerprint density at radius 2 is 2.06 bits per heavy atom. The first-order valence-electron chi connectivity index (χ1n) is 6.75. The second-order valence-electron chi connectivity index (χ2n) is 5.23. The zero-order valence-electron chi connectivity index (χ0n) is 10.4. The molecule has 0 aromatic heterocycles. The van der Waals surface area contributed by atoms with Gasteiger partial charge >= 0.3 is 0 Å². The van der Waals surface area contributed by atoms with Gasteiger partial charge in [0, 0.05) is 18.5 Å². The number of likely N-dealkylation sites (tertiary alicyclic amines) is 1. The van der Waals surface area contributed by atoms with Crippen LogP contribution in [0.15, 0.2) is 0 Å². The molecule has 2 saturated heterocycles. The summed E-state index contributed by atoms with van der Waals surface area (Å²) in [6.45, 7) is 1.51. The SMILES string of the molecule is N#CCCN1C(=O)C2(OCCO2)C2CCCCC21. The largest absolute Gasteiger partial charge is 0.339 e. The molecule has 0 radical (unpaired) electrons. The Morgan fingerprint density at radius 1 is 1.33 bits per heavy atom. The molecule has 0 aromatic carbocycles. The van der Waals surface area contributed by atoms with Crippen LogP contribution in [0.25, 0.3) is 0 Å². The van der Waals surface area contributed by atoms with Gasteiger partial charge in [-0.3, -0.25) is 4.79 Å². The van der Waals surface area contributed by atoms with Crippen molar-refractivity contribution in [2.24, 2.45) is 5.92 Å². The molecule has 1 aliphatic carbocycles.